The molecule has 6 heteroatoms. The molecule has 0 aliphatic heterocycles. The number of benzene rings is 13. The van der Waals surface area contributed by atoms with Crippen LogP contribution in [-0.2, 0) is 0 Å². The van der Waals surface area contributed by atoms with E-state index in [1.807, 2.05) is 37.1 Å². The zero-order chi connectivity index (χ0) is 59.5. The van der Waals surface area contributed by atoms with Gasteiger partial charge in [0.25, 0.3) is 0 Å². The quantitative estimate of drug-likeness (QED) is 0.120. The van der Waals surface area contributed by atoms with Crippen LogP contribution in [0.2, 0.25) is 0 Å². The summed E-state index contributed by atoms with van der Waals surface area (Å²) in [5, 5.41) is 14.4. The van der Waals surface area contributed by atoms with E-state index in [9.17, 15) is 0 Å². The van der Waals surface area contributed by atoms with Gasteiger partial charge in [-0.3, -0.25) is 19.9 Å². The third-order valence-corrected chi connectivity index (χ3v) is 17.8. The molecule has 0 spiro atoms. The van der Waals surface area contributed by atoms with Gasteiger partial charge in [0.1, 0.15) is 0 Å². The van der Waals surface area contributed by atoms with Crippen LogP contribution in [0, 0.1) is 0 Å². The first kappa shape index (κ1) is 52.2. The molecule has 0 N–H and O–H groups in total. The number of nitrogens with zero attached hydrogens (tertiary/aromatic N) is 6. The van der Waals surface area contributed by atoms with E-state index in [1.54, 1.807) is 0 Å². The van der Waals surface area contributed by atoms with Gasteiger partial charge in [-0.2, -0.15) is 0 Å². The summed E-state index contributed by atoms with van der Waals surface area (Å²) in [5.74, 6) is 0. The minimum atomic E-state index is 0.889. The third-order valence-electron chi connectivity index (χ3n) is 17.8. The highest BCUT2D eigenvalue weighted by molar-refractivity contribution is 6.14. The Morgan fingerprint density at radius 2 is 0.667 bits per heavy atom. The average molecular weight is 1150 g/mol. The zero-order valence-electron chi connectivity index (χ0n) is 48.9. The molecule has 0 atom stereocenters. The monoisotopic (exact) mass is 1150 g/mol. The molecule has 0 bridgehead atoms. The van der Waals surface area contributed by atoms with E-state index in [0.29, 0.717) is 0 Å². The van der Waals surface area contributed by atoms with Crippen LogP contribution in [0.5, 0.6) is 0 Å². The Bertz CT molecular complexity index is 5600. The van der Waals surface area contributed by atoms with Crippen molar-refractivity contribution in [2.75, 3.05) is 9.80 Å². The lowest BCUT2D eigenvalue weighted by Gasteiger charge is -2.26. The average Bonchev–Trinajstić information content (AvgIpc) is 1.92. The Balaban J connectivity index is 0.610. The molecule has 0 aliphatic rings. The number of anilines is 6. The summed E-state index contributed by atoms with van der Waals surface area (Å²) in [7, 11) is 0. The van der Waals surface area contributed by atoms with Crippen molar-refractivity contribution in [3.05, 3.63) is 328 Å². The van der Waals surface area contributed by atoms with Gasteiger partial charge in [0, 0.05) is 75.1 Å². The first-order valence-corrected chi connectivity index (χ1v) is 30.4. The van der Waals surface area contributed by atoms with Gasteiger partial charge < -0.3 is 9.80 Å². The van der Waals surface area contributed by atoms with Crippen LogP contribution in [-0.4, -0.2) is 19.9 Å². The molecule has 17 rings (SSSR count). The summed E-state index contributed by atoms with van der Waals surface area (Å²) in [5.41, 5.74) is 19.3. The lowest BCUT2D eigenvalue weighted by atomic mass is 9.91. The van der Waals surface area contributed by atoms with Gasteiger partial charge in [-0.15, -0.1) is 0 Å². The maximum Gasteiger partial charge on any atom is 0.0964 e. The third kappa shape index (κ3) is 9.57. The Morgan fingerprint density at radius 3 is 1.34 bits per heavy atom. The molecule has 4 heterocycles. The van der Waals surface area contributed by atoms with Crippen LogP contribution in [0.3, 0.4) is 0 Å². The van der Waals surface area contributed by atoms with E-state index < -0.39 is 0 Å². The Hall–Kier alpha value is -12.1. The molecule has 420 valence electrons. The van der Waals surface area contributed by atoms with Gasteiger partial charge in [-0.05, 0) is 214 Å². The molecule has 0 unspecified atom stereocenters. The summed E-state index contributed by atoms with van der Waals surface area (Å²) < 4.78 is 0. The molecule has 6 nitrogen and oxygen atoms in total. The number of hydrogen-bond acceptors (Lipinski definition) is 6. The second-order valence-electron chi connectivity index (χ2n) is 23.1. The van der Waals surface area contributed by atoms with Gasteiger partial charge >= 0.3 is 0 Å². The number of fused-ring (bicyclic) bond motifs is 9. The van der Waals surface area contributed by atoms with E-state index >= 15 is 0 Å². The Kier molecular flexibility index (Phi) is 12.8. The molecule has 0 saturated carbocycles. The molecule has 0 fully saturated rings. The number of aromatic nitrogens is 4. The maximum atomic E-state index is 5.10. The smallest absolute Gasteiger partial charge is 0.0964 e. The Morgan fingerprint density at radius 1 is 0.211 bits per heavy atom. The van der Waals surface area contributed by atoms with E-state index in [1.165, 1.54) is 70.7 Å². The van der Waals surface area contributed by atoms with Gasteiger partial charge in [-0.25, -0.2) is 0 Å². The largest absolute Gasteiger partial charge is 0.310 e. The summed E-state index contributed by atoms with van der Waals surface area (Å²) >= 11 is 0. The van der Waals surface area contributed by atoms with Gasteiger partial charge in [-0.1, -0.05) is 176 Å². The first-order valence-electron chi connectivity index (χ1n) is 30.4. The van der Waals surface area contributed by atoms with Crippen LogP contribution < -0.4 is 9.80 Å². The fourth-order valence-corrected chi connectivity index (χ4v) is 13.2. The molecule has 4 aromatic heterocycles. The summed E-state index contributed by atoms with van der Waals surface area (Å²) in [6.45, 7) is 0. The predicted molar refractivity (Wildman–Crippen MR) is 377 cm³/mol. The highest BCUT2D eigenvalue weighted by atomic mass is 15.2. The number of para-hydroxylation sites is 1. The highest BCUT2D eigenvalue weighted by Gasteiger charge is 2.18. The molecule has 13 aromatic carbocycles. The van der Waals surface area contributed by atoms with Crippen LogP contribution in [0.25, 0.3) is 131 Å². The fraction of sp³-hybridized carbons (Fsp3) is 0. The lowest BCUT2D eigenvalue weighted by molar-refractivity contribution is 1.23. The van der Waals surface area contributed by atoms with Crippen molar-refractivity contribution >= 4 is 110 Å². The molecule has 90 heavy (non-hydrogen) atoms. The van der Waals surface area contributed by atoms with Crippen molar-refractivity contribution < 1.29 is 0 Å². The fourth-order valence-electron chi connectivity index (χ4n) is 13.2. The maximum absolute atomic E-state index is 5.10. The van der Waals surface area contributed by atoms with Gasteiger partial charge in [0.05, 0.1) is 28.6 Å². The standard InChI is InChI=1S/C84H54N6/c1-2-11-72(12-3-1)90(74-33-28-55(29-34-74)58-17-18-62-48-66(23-21-59(62)45-58)71-50-70-27-16-57-10-8-42-86-83(57)84(70)88-53-71)77-38-39-82(87-54-77)56-30-35-73(36-31-56)89(75-40-43-85-44-41-75)76-37-32-65-47-61(22-24-67(65)51-76)60-19-20-64-49-69(26-25-63(64)46-60)81-52-68-9-4-5-13-78(68)79-14-6-7-15-80(79)81/h1-54H. The summed E-state index contributed by atoms with van der Waals surface area (Å²) in [4.78, 5) is 23.5. The Labute approximate surface area is 520 Å². The second kappa shape index (κ2) is 22.0. The summed E-state index contributed by atoms with van der Waals surface area (Å²) in [6.07, 6.45) is 9.47. The van der Waals surface area contributed by atoms with Crippen LogP contribution >= 0.6 is 0 Å². The van der Waals surface area contributed by atoms with Crippen molar-refractivity contribution in [3.63, 3.8) is 0 Å². The lowest BCUT2D eigenvalue weighted by Crippen LogP contribution is -2.10. The number of hydrogen-bond donors (Lipinski definition) is 0. The normalized spacial score (nSPS) is 11.6. The van der Waals surface area contributed by atoms with E-state index in [4.69, 9.17) is 9.97 Å². The van der Waals surface area contributed by atoms with Crippen molar-refractivity contribution in [3.8, 4) is 55.8 Å². The van der Waals surface area contributed by atoms with Crippen LogP contribution in [0.15, 0.2) is 328 Å². The molecule has 17 aromatic rings. The molecular weight excluding hydrogens is 1090 g/mol. The van der Waals surface area contributed by atoms with E-state index in [2.05, 4.69) is 311 Å². The van der Waals surface area contributed by atoms with Crippen molar-refractivity contribution in [1.29, 1.82) is 0 Å². The molecule has 0 amide bonds. The predicted octanol–water partition coefficient (Wildman–Crippen LogP) is 22.6. The van der Waals surface area contributed by atoms with E-state index in [-0.39, 0.29) is 0 Å². The van der Waals surface area contributed by atoms with Crippen LogP contribution in [0.1, 0.15) is 0 Å². The van der Waals surface area contributed by atoms with Crippen LogP contribution in [0.4, 0.5) is 34.1 Å². The molecular formula is C84H54N6. The molecule has 0 radical (unpaired) electrons. The van der Waals surface area contributed by atoms with Gasteiger partial charge in [0.2, 0.25) is 0 Å². The minimum Gasteiger partial charge on any atom is -0.310 e. The second-order valence-corrected chi connectivity index (χ2v) is 23.1. The van der Waals surface area contributed by atoms with Crippen molar-refractivity contribution in [1.82, 2.24) is 19.9 Å². The van der Waals surface area contributed by atoms with Crippen molar-refractivity contribution in [2.24, 2.45) is 0 Å². The summed E-state index contributed by atoms with van der Waals surface area (Å²) in [6, 6.07) is 107. The first-order chi connectivity index (χ1) is 44.5. The minimum absolute atomic E-state index is 0.889. The highest BCUT2D eigenvalue weighted by Crippen LogP contribution is 2.42. The zero-order valence-corrected chi connectivity index (χ0v) is 48.9. The van der Waals surface area contributed by atoms with Crippen molar-refractivity contribution in [2.45, 2.75) is 0 Å². The van der Waals surface area contributed by atoms with Gasteiger partial charge in [0.15, 0.2) is 0 Å². The van der Waals surface area contributed by atoms with E-state index in [0.717, 1.165) is 94.8 Å². The molecule has 0 aliphatic carbocycles. The topological polar surface area (TPSA) is 58.0 Å². The molecule has 0 saturated heterocycles. The SMILES string of the molecule is c1ccc(N(c2ccc(-c3ccc4cc(-c5cnc6c(ccc7cccnc76)c5)ccc4c3)cc2)c2ccc(-c3ccc(N(c4ccncc4)c4ccc5cc(-c6ccc7cc(-c8cc9ccccc9c9ccccc89)ccc7c6)ccc5c4)cc3)nc2)cc1. The number of pyridine rings is 4. The number of rotatable bonds is 11.